The number of likely N-dealkylation sites (N-methyl/N-ethyl adjacent to an activating group) is 1. The van der Waals surface area contributed by atoms with Crippen molar-refractivity contribution in [2.75, 3.05) is 13.6 Å². The number of rotatable bonds is 4. The first-order chi connectivity index (χ1) is 12.5. The normalized spacial score (nSPS) is 15.0. The Labute approximate surface area is 157 Å². The lowest BCUT2D eigenvalue weighted by atomic mass is 10.0. The van der Waals surface area contributed by atoms with Crippen molar-refractivity contribution in [2.24, 2.45) is 0 Å². The highest BCUT2D eigenvalue weighted by Crippen LogP contribution is 2.31. The first kappa shape index (κ1) is 17.4. The Morgan fingerprint density at radius 2 is 1.81 bits per heavy atom. The number of aryl methyl sites for hydroxylation is 3. The van der Waals surface area contributed by atoms with Gasteiger partial charge in [-0.1, -0.05) is 49.7 Å². The monoisotopic (exact) mass is 346 g/mol. The van der Waals surface area contributed by atoms with E-state index >= 15 is 0 Å². The van der Waals surface area contributed by atoms with Crippen LogP contribution in [0.4, 0.5) is 0 Å². The van der Waals surface area contributed by atoms with Crippen molar-refractivity contribution < 1.29 is 0 Å². The molecule has 0 spiro atoms. The zero-order chi connectivity index (χ0) is 18.3. The number of fused-ring (bicyclic) bond motifs is 3. The summed E-state index contributed by atoms with van der Waals surface area (Å²) in [6, 6.07) is 16.2. The molecule has 4 rings (SSSR count). The molecule has 0 amide bonds. The second-order valence-corrected chi connectivity index (χ2v) is 8.23. The fourth-order valence-electron chi connectivity index (χ4n) is 4.26. The molecular weight excluding hydrogens is 316 g/mol. The lowest BCUT2D eigenvalue weighted by molar-refractivity contribution is 0.309. The van der Waals surface area contributed by atoms with Gasteiger partial charge in [-0.25, -0.2) is 0 Å². The van der Waals surface area contributed by atoms with E-state index in [2.05, 4.69) is 79.8 Å². The van der Waals surface area contributed by atoms with E-state index in [0.717, 1.165) is 32.5 Å². The highest BCUT2D eigenvalue weighted by molar-refractivity contribution is 5.86. The zero-order valence-corrected chi connectivity index (χ0v) is 16.5. The molecule has 0 fully saturated rings. The minimum atomic E-state index is 0.602. The molecule has 0 radical (unpaired) electrons. The molecule has 2 aromatic carbocycles. The van der Waals surface area contributed by atoms with Gasteiger partial charge in [0.2, 0.25) is 0 Å². The first-order valence-corrected chi connectivity index (χ1v) is 9.91. The maximum Gasteiger partial charge on any atom is 0.0486 e. The van der Waals surface area contributed by atoms with Crippen LogP contribution in [0.5, 0.6) is 0 Å². The summed E-state index contributed by atoms with van der Waals surface area (Å²) in [7, 11) is 2.23. The predicted octanol–water partition coefficient (Wildman–Crippen LogP) is 5.30. The molecule has 0 unspecified atom stereocenters. The Morgan fingerprint density at radius 1 is 1.04 bits per heavy atom. The van der Waals surface area contributed by atoms with Gasteiger partial charge in [-0.2, -0.15) is 0 Å². The van der Waals surface area contributed by atoms with E-state index in [4.69, 9.17) is 0 Å². The largest absolute Gasteiger partial charge is 0.344 e. The molecule has 0 bridgehead atoms. The van der Waals surface area contributed by atoms with E-state index in [1.165, 1.54) is 27.6 Å². The Hall–Kier alpha value is -2.06. The van der Waals surface area contributed by atoms with E-state index in [1.807, 2.05) is 0 Å². The lowest BCUT2D eigenvalue weighted by Crippen LogP contribution is -2.27. The van der Waals surface area contributed by atoms with Crippen LogP contribution in [0.1, 0.15) is 47.7 Å². The van der Waals surface area contributed by atoms with Crippen molar-refractivity contribution in [1.82, 2.24) is 9.47 Å². The second kappa shape index (κ2) is 6.92. The van der Waals surface area contributed by atoms with Crippen molar-refractivity contribution >= 4 is 10.9 Å². The zero-order valence-electron chi connectivity index (χ0n) is 16.5. The summed E-state index contributed by atoms with van der Waals surface area (Å²) in [5.74, 6) is 0.602. The van der Waals surface area contributed by atoms with Gasteiger partial charge < -0.3 is 9.47 Å². The van der Waals surface area contributed by atoms with Crippen LogP contribution in [0.2, 0.25) is 0 Å². The summed E-state index contributed by atoms with van der Waals surface area (Å²) in [5, 5.41) is 1.46. The minimum absolute atomic E-state index is 0.602. The molecule has 0 aliphatic carbocycles. The molecule has 0 N–H and O–H groups in total. The molecule has 1 aromatic heterocycles. The number of aromatic nitrogens is 1. The van der Waals surface area contributed by atoms with Crippen LogP contribution < -0.4 is 0 Å². The van der Waals surface area contributed by atoms with Gasteiger partial charge in [-0.3, -0.25) is 0 Å². The molecule has 0 atom stereocenters. The van der Waals surface area contributed by atoms with Crippen molar-refractivity contribution in [1.29, 1.82) is 0 Å². The maximum atomic E-state index is 2.59. The first-order valence-electron chi connectivity index (χ1n) is 9.91. The van der Waals surface area contributed by atoms with E-state index in [1.54, 1.807) is 11.3 Å². The average molecular weight is 347 g/mol. The highest BCUT2D eigenvalue weighted by atomic mass is 15.1. The third-order valence-electron chi connectivity index (χ3n) is 5.87. The van der Waals surface area contributed by atoms with Gasteiger partial charge in [-0.05, 0) is 55.1 Å². The standard InChI is InChI=1S/C24H30N2/c1-17(2)20-8-6-19(7-9-20)11-14-26-23-10-5-18(3)15-21(23)22-16-25(4)13-12-24(22)26/h5-10,15,17H,11-14,16H2,1-4H3. The van der Waals surface area contributed by atoms with Crippen molar-refractivity contribution in [3.8, 4) is 0 Å². The third-order valence-corrected chi connectivity index (χ3v) is 5.87. The molecular formula is C24H30N2. The highest BCUT2D eigenvalue weighted by Gasteiger charge is 2.22. The van der Waals surface area contributed by atoms with Gasteiger partial charge in [0.1, 0.15) is 0 Å². The van der Waals surface area contributed by atoms with Crippen LogP contribution in [0.15, 0.2) is 42.5 Å². The Bertz CT molecular complexity index is 916. The topological polar surface area (TPSA) is 8.17 Å². The number of hydrogen-bond donors (Lipinski definition) is 0. The summed E-state index contributed by atoms with van der Waals surface area (Å²) in [6.45, 7) is 10.0. The molecule has 3 aromatic rings. The predicted molar refractivity (Wildman–Crippen MR) is 111 cm³/mol. The van der Waals surface area contributed by atoms with E-state index in [0.29, 0.717) is 5.92 Å². The van der Waals surface area contributed by atoms with E-state index < -0.39 is 0 Å². The fourth-order valence-corrected chi connectivity index (χ4v) is 4.26. The maximum absolute atomic E-state index is 2.59. The molecule has 0 saturated carbocycles. The number of benzene rings is 2. The van der Waals surface area contributed by atoms with Gasteiger partial charge >= 0.3 is 0 Å². The molecule has 2 nitrogen and oxygen atoms in total. The summed E-state index contributed by atoms with van der Waals surface area (Å²) in [4.78, 5) is 2.44. The Kier molecular flexibility index (Phi) is 4.62. The lowest BCUT2D eigenvalue weighted by Gasteiger charge is -2.24. The number of hydrogen-bond acceptors (Lipinski definition) is 1. The van der Waals surface area contributed by atoms with Gasteiger partial charge in [-0.15, -0.1) is 0 Å². The minimum Gasteiger partial charge on any atom is -0.344 e. The molecule has 0 saturated heterocycles. The quantitative estimate of drug-likeness (QED) is 0.622. The molecule has 136 valence electrons. The summed E-state index contributed by atoms with van der Waals surface area (Å²) < 4.78 is 2.59. The molecule has 26 heavy (non-hydrogen) atoms. The average Bonchev–Trinajstić information content (AvgIpc) is 2.92. The van der Waals surface area contributed by atoms with Crippen LogP contribution in [-0.2, 0) is 25.9 Å². The smallest absolute Gasteiger partial charge is 0.0486 e. The summed E-state index contributed by atoms with van der Waals surface area (Å²) in [5.41, 5.74) is 8.74. The van der Waals surface area contributed by atoms with Crippen LogP contribution >= 0.6 is 0 Å². The van der Waals surface area contributed by atoms with Crippen LogP contribution in [0, 0.1) is 6.92 Å². The molecule has 2 heteroatoms. The van der Waals surface area contributed by atoms with Crippen LogP contribution in [0.3, 0.4) is 0 Å². The second-order valence-electron chi connectivity index (χ2n) is 8.23. The molecule has 2 heterocycles. The van der Waals surface area contributed by atoms with E-state index in [-0.39, 0.29) is 0 Å². The summed E-state index contributed by atoms with van der Waals surface area (Å²) >= 11 is 0. The fraction of sp³-hybridized carbons (Fsp3) is 0.417. The van der Waals surface area contributed by atoms with Gasteiger partial charge in [0, 0.05) is 42.7 Å². The number of nitrogens with zero attached hydrogens (tertiary/aromatic N) is 2. The molecule has 1 aliphatic rings. The van der Waals surface area contributed by atoms with Crippen molar-refractivity contribution in [2.45, 2.75) is 52.6 Å². The third kappa shape index (κ3) is 3.19. The molecule has 1 aliphatic heterocycles. The van der Waals surface area contributed by atoms with Crippen molar-refractivity contribution in [3.63, 3.8) is 0 Å². The Morgan fingerprint density at radius 3 is 2.54 bits per heavy atom. The van der Waals surface area contributed by atoms with E-state index in [9.17, 15) is 0 Å². The van der Waals surface area contributed by atoms with Gasteiger partial charge in [0.25, 0.3) is 0 Å². The summed E-state index contributed by atoms with van der Waals surface area (Å²) in [6.07, 6.45) is 2.25. The van der Waals surface area contributed by atoms with Crippen LogP contribution in [0.25, 0.3) is 10.9 Å². The van der Waals surface area contributed by atoms with Gasteiger partial charge in [0.05, 0.1) is 0 Å². The SMILES string of the molecule is Cc1ccc2c(c1)c1c(n2CCc2ccc(C(C)C)cc2)CCN(C)C1. The van der Waals surface area contributed by atoms with Gasteiger partial charge in [0.15, 0.2) is 0 Å². The van der Waals surface area contributed by atoms with Crippen molar-refractivity contribution in [3.05, 3.63) is 70.4 Å². The Balaban J connectivity index is 1.66. The van der Waals surface area contributed by atoms with Crippen LogP contribution in [-0.4, -0.2) is 23.1 Å².